The molecule has 0 bridgehead atoms. The average Bonchev–Trinajstić information content (AvgIpc) is 3.00. The lowest BCUT2D eigenvalue weighted by molar-refractivity contribution is 0.308. The van der Waals surface area contributed by atoms with E-state index in [2.05, 4.69) is 20.3 Å². The zero-order valence-corrected chi connectivity index (χ0v) is 12.4. The molecule has 23 heavy (non-hydrogen) atoms. The summed E-state index contributed by atoms with van der Waals surface area (Å²) >= 11 is 0. The van der Waals surface area contributed by atoms with Gasteiger partial charge in [0, 0.05) is 5.69 Å². The van der Waals surface area contributed by atoms with E-state index in [0.29, 0.717) is 12.4 Å². The Balaban J connectivity index is 1.57. The third-order valence-corrected chi connectivity index (χ3v) is 3.48. The molecule has 7 nitrogen and oxygen atoms in total. The minimum atomic E-state index is 0.150. The van der Waals surface area contributed by atoms with E-state index in [1.54, 1.807) is 6.20 Å². The molecule has 3 N–H and O–H groups in total. The zero-order chi connectivity index (χ0) is 16.1. The molecular weight excluding hydrogens is 292 g/mol. The number of anilines is 2. The maximum atomic E-state index is 8.82. The quantitative estimate of drug-likeness (QED) is 0.870. The second-order valence-electron chi connectivity index (χ2n) is 5.19. The Hall–Kier alpha value is -3.14. The first-order chi connectivity index (χ1) is 11.2. The van der Waals surface area contributed by atoms with E-state index in [0.717, 1.165) is 18.5 Å². The fourth-order valence-corrected chi connectivity index (χ4v) is 2.30. The number of nitrogens with two attached hydrogens (primary N) is 1. The number of hydrogen-bond donors (Lipinski definition) is 2. The number of nitriles is 1. The molecule has 1 unspecified atom stereocenters. The van der Waals surface area contributed by atoms with Crippen LogP contribution in [-0.2, 0) is 11.2 Å². The Kier molecular flexibility index (Phi) is 4.34. The summed E-state index contributed by atoms with van der Waals surface area (Å²) in [7, 11) is 0. The minimum absolute atomic E-state index is 0.150. The smallest absolute Gasteiger partial charge is 0.282 e. The molecule has 1 aliphatic rings. The highest BCUT2D eigenvalue weighted by molar-refractivity contribution is 5.73. The Morgan fingerprint density at radius 3 is 2.83 bits per heavy atom. The lowest BCUT2D eigenvalue weighted by Crippen LogP contribution is -2.10. The van der Waals surface area contributed by atoms with Gasteiger partial charge in [0.05, 0.1) is 18.4 Å². The summed E-state index contributed by atoms with van der Waals surface area (Å²) < 4.78 is 5.14. The second-order valence-corrected chi connectivity index (χ2v) is 5.19. The molecule has 0 fully saturated rings. The van der Waals surface area contributed by atoms with Crippen molar-refractivity contribution in [2.75, 3.05) is 11.9 Å². The van der Waals surface area contributed by atoms with Gasteiger partial charge in [0.25, 0.3) is 6.02 Å². The Labute approximate surface area is 133 Å². The van der Waals surface area contributed by atoms with Crippen LogP contribution in [0.5, 0.6) is 0 Å². The molecule has 1 aromatic carbocycles. The summed E-state index contributed by atoms with van der Waals surface area (Å²) in [6.45, 7) is 0.569. The molecule has 7 heteroatoms. The van der Waals surface area contributed by atoms with Gasteiger partial charge >= 0.3 is 0 Å². The van der Waals surface area contributed by atoms with Crippen molar-refractivity contribution >= 4 is 17.5 Å². The van der Waals surface area contributed by atoms with Crippen LogP contribution in [0, 0.1) is 11.3 Å². The van der Waals surface area contributed by atoms with Gasteiger partial charge < -0.3 is 15.8 Å². The monoisotopic (exact) mass is 308 g/mol. The van der Waals surface area contributed by atoms with Crippen molar-refractivity contribution in [2.45, 2.75) is 18.9 Å². The first kappa shape index (κ1) is 14.8. The molecule has 0 spiro atoms. The van der Waals surface area contributed by atoms with E-state index < -0.39 is 0 Å². The van der Waals surface area contributed by atoms with Crippen LogP contribution in [0.15, 0.2) is 41.7 Å². The summed E-state index contributed by atoms with van der Waals surface area (Å²) in [5.74, 6) is 0.546. The van der Waals surface area contributed by atoms with Gasteiger partial charge in [-0.15, -0.1) is 0 Å². The number of nitrogens with zero attached hydrogens (tertiary/aromatic N) is 4. The number of ether oxygens (including phenoxy) is 1. The SMILES string of the molecule is N#Cc1cncc(Nc2ccc(CCC3COC(N)=N3)cc2)n1. The molecule has 3 rings (SSSR count). The van der Waals surface area contributed by atoms with E-state index in [1.807, 2.05) is 30.3 Å². The largest absolute Gasteiger partial charge is 0.463 e. The number of amidine groups is 1. The molecule has 1 atom stereocenters. The van der Waals surface area contributed by atoms with Gasteiger partial charge in [0.1, 0.15) is 18.5 Å². The molecule has 0 radical (unpaired) electrons. The molecular formula is C16H16N6O. The third kappa shape index (κ3) is 3.95. The fourth-order valence-electron chi connectivity index (χ4n) is 2.30. The number of aromatic nitrogens is 2. The van der Waals surface area contributed by atoms with Crippen molar-refractivity contribution in [1.82, 2.24) is 9.97 Å². The standard InChI is InChI=1S/C16H16N6O/c17-7-14-8-19-9-15(21-14)20-12-4-1-11(2-5-12)3-6-13-10-23-16(18)22-13/h1-2,4-5,8-9,13H,3,6,10H2,(H2,18,22)(H,20,21). The van der Waals surface area contributed by atoms with Crippen LogP contribution >= 0.6 is 0 Å². The number of hydrogen-bond acceptors (Lipinski definition) is 7. The van der Waals surface area contributed by atoms with E-state index in [4.69, 9.17) is 15.7 Å². The van der Waals surface area contributed by atoms with Crippen molar-refractivity contribution in [3.63, 3.8) is 0 Å². The predicted molar refractivity (Wildman–Crippen MR) is 86.2 cm³/mol. The van der Waals surface area contributed by atoms with Crippen molar-refractivity contribution in [1.29, 1.82) is 5.26 Å². The van der Waals surface area contributed by atoms with Gasteiger partial charge in [-0.25, -0.2) is 9.98 Å². The maximum absolute atomic E-state index is 8.82. The lowest BCUT2D eigenvalue weighted by atomic mass is 10.1. The van der Waals surface area contributed by atoms with Crippen molar-refractivity contribution in [3.05, 3.63) is 47.9 Å². The van der Waals surface area contributed by atoms with E-state index in [1.165, 1.54) is 11.8 Å². The molecule has 1 aliphatic heterocycles. The highest BCUT2D eigenvalue weighted by Gasteiger charge is 2.16. The zero-order valence-electron chi connectivity index (χ0n) is 12.4. The third-order valence-electron chi connectivity index (χ3n) is 3.48. The topological polar surface area (TPSA) is 109 Å². The number of nitrogens with one attached hydrogen (secondary N) is 1. The van der Waals surface area contributed by atoms with Crippen LogP contribution in [0.4, 0.5) is 11.5 Å². The van der Waals surface area contributed by atoms with Gasteiger partial charge in [-0.1, -0.05) is 12.1 Å². The fraction of sp³-hybridized carbons (Fsp3) is 0.250. The van der Waals surface area contributed by atoms with Crippen molar-refractivity contribution in [3.8, 4) is 6.07 Å². The van der Waals surface area contributed by atoms with Crippen molar-refractivity contribution in [2.24, 2.45) is 10.7 Å². The Bertz CT molecular complexity index is 750. The summed E-state index contributed by atoms with van der Waals surface area (Å²) in [5.41, 5.74) is 7.89. The average molecular weight is 308 g/mol. The molecule has 0 aliphatic carbocycles. The van der Waals surface area contributed by atoms with Gasteiger partial charge in [-0.05, 0) is 30.5 Å². The van der Waals surface area contributed by atoms with Crippen LogP contribution in [-0.4, -0.2) is 28.6 Å². The molecule has 0 saturated carbocycles. The minimum Gasteiger partial charge on any atom is -0.463 e. The van der Waals surface area contributed by atoms with Gasteiger partial charge in [0.15, 0.2) is 5.69 Å². The summed E-state index contributed by atoms with van der Waals surface area (Å²) in [6, 6.07) is 10.4. The van der Waals surface area contributed by atoms with Crippen LogP contribution in [0.25, 0.3) is 0 Å². The summed E-state index contributed by atoms with van der Waals surface area (Å²) in [5, 5.41) is 11.9. The van der Waals surface area contributed by atoms with Crippen LogP contribution in [0.2, 0.25) is 0 Å². The lowest BCUT2D eigenvalue weighted by Gasteiger charge is -2.08. The molecule has 2 heterocycles. The predicted octanol–water partition coefficient (Wildman–Crippen LogP) is 1.74. The molecule has 2 aromatic rings. The normalized spacial score (nSPS) is 16.3. The van der Waals surface area contributed by atoms with Gasteiger partial charge in [0.2, 0.25) is 0 Å². The van der Waals surface area contributed by atoms with Crippen LogP contribution in [0.1, 0.15) is 17.7 Å². The summed E-state index contributed by atoms with van der Waals surface area (Å²) in [4.78, 5) is 12.3. The number of aryl methyl sites for hydroxylation is 1. The Morgan fingerprint density at radius 1 is 1.30 bits per heavy atom. The number of benzene rings is 1. The second kappa shape index (κ2) is 6.75. The highest BCUT2D eigenvalue weighted by atomic mass is 16.5. The molecule has 1 aromatic heterocycles. The Morgan fingerprint density at radius 2 is 2.13 bits per heavy atom. The number of aliphatic imine (C=N–C) groups is 1. The van der Waals surface area contributed by atoms with Crippen molar-refractivity contribution < 1.29 is 4.74 Å². The van der Waals surface area contributed by atoms with Gasteiger partial charge in [-0.3, -0.25) is 4.98 Å². The van der Waals surface area contributed by atoms with Gasteiger partial charge in [-0.2, -0.15) is 5.26 Å². The van der Waals surface area contributed by atoms with E-state index in [-0.39, 0.29) is 17.8 Å². The molecule has 0 saturated heterocycles. The van der Waals surface area contributed by atoms with Crippen LogP contribution < -0.4 is 11.1 Å². The van der Waals surface area contributed by atoms with Crippen LogP contribution in [0.3, 0.4) is 0 Å². The first-order valence-corrected chi connectivity index (χ1v) is 7.27. The molecule has 0 amide bonds. The first-order valence-electron chi connectivity index (χ1n) is 7.27. The highest BCUT2D eigenvalue weighted by Crippen LogP contribution is 2.17. The number of rotatable bonds is 5. The van der Waals surface area contributed by atoms with E-state index in [9.17, 15) is 0 Å². The molecule has 116 valence electrons. The summed E-state index contributed by atoms with van der Waals surface area (Å²) in [6.07, 6.45) is 4.82. The van der Waals surface area contributed by atoms with E-state index >= 15 is 0 Å². The maximum Gasteiger partial charge on any atom is 0.282 e.